The normalized spacial score (nSPS) is 15.5. The van der Waals surface area contributed by atoms with Crippen LogP contribution in [0.4, 0.5) is 0 Å². The van der Waals surface area contributed by atoms with Crippen molar-refractivity contribution in [2.45, 2.75) is 148 Å². The van der Waals surface area contributed by atoms with Crippen LogP contribution in [0, 0.1) is 0 Å². The second-order valence-corrected chi connectivity index (χ2v) is 10.1. The lowest BCUT2D eigenvalue weighted by Crippen LogP contribution is -3.00. The Morgan fingerprint density at radius 1 is 0.536 bits per heavy atom. The molecular weight excluding hydrogens is 362 g/mol. The molecule has 28 heavy (non-hydrogen) atoms. The molecule has 0 aromatic heterocycles. The molecule has 2 heteroatoms. The van der Waals surface area contributed by atoms with E-state index in [0.717, 1.165) is 6.04 Å². The fraction of sp³-hybridized carbons (Fsp3) is 1.00. The zero-order chi connectivity index (χ0) is 19.6. The first-order valence-electron chi connectivity index (χ1n) is 13.0. The molecule has 1 aliphatic rings. The van der Waals surface area contributed by atoms with Crippen molar-refractivity contribution in [1.82, 2.24) is 0 Å². The van der Waals surface area contributed by atoms with E-state index in [2.05, 4.69) is 21.0 Å². The molecule has 0 aliphatic heterocycles. The van der Waals surface area contributed by atoms with Gasteiger partial charge in [-0.1, -0.05) is 103 Å². The van der Waals surface area contributed by atoms with Crippen molar-refractivity contribution in [1.29, 1.82) is 0 Å². The fourth-order valence-electron chi connectivity index (χ4n) is 5.03. The van der Waals surface area contributed by atoms with E-state index in [1.165, 1.54) is 146 Å². The topological polar surface area (TPSA) is 0 Å². The number of nitrogens with zero attached hydrogens (tertiary/aromatic N) is 1. The van der Waals surface area contributed by atoms with Crippen LogP contribution in [-0.2, 0) is 0 Å². The van der Waals surface area contributed by atoms with Gasteiger partial charge in [-0.25, -0.2) is 0 Å². The van der Waals surface area contributed by atoms with Gasteiger partial charge in [0.05, 0.1) is 26.7 Å². The maximum atomic E-state index is 2.49. The highest BCUT2D eigenvalue weighted by Gasteiger charge is 2.28. The van der Waals surface area contributed by atoms with Gasteiger partial charge in [-0.15, -0.1) is 0 Å². The van der Waals surface area contributed by atoms with Crippen LogP contribution in [0.3, 0.4) is 0 Å². The Morgan fingerprint density at radius 3 is 1.29 bits per heavy atom. The number of halogens is 1. The summed E-state index contributed by atoms with van der Waals surface area (Å²) < 4.78 is 1.29. The van der Waals surface area contributed by atoms with Crippen molar-refractivity contribution in [3.8, 4) is 0 Å². The summed E-state index contributed by atoms with van der Waals surface area (Å²) >= 11 is 0. The molecule has 0 radical (unpaired) electrons. The molecule has 1 nitrogen and oxygen atoms in total. The first-order valence-corrected chi connectivity index (χ1v) is 13.0. The molecule has 0 spiro atoms. The Labute approximate surface area is 185 Å². The smallest absolute Gasteiger partial charge is 0.0886 e. The van der Waals surface area contributed by atoms with Crippen LogP contribution in [0.2, 0.25) is 0 Å². The first kappa shape index (κ1) is 28.2. The van der Waals surface area contributed by atoms with Crippen LogP contribution in [-0.4, -0.2) is 31.2 Å². The van der Waals surface area contributed by atoms with Crippen molar-refractivity contribution in [2.24, 2.45) is 0 Å². The quantitative estimate of drug-likeness (QED) is 0.200. The second-order valence-electron chi connectivity index (χ2n) is 10.1. The van der Waals surface area contributed by atoms with Crippen LogP contribution in [0.5, 0.6) is 0 Å². The molecule has 0 unspecified atom stereocenters. The van der Waals surface area contributed by atoms with Gasteiger partial charge in [0, 0.05) is 0 Å². The molecule has 0 heterocycles. The van der Waals surface area contributed by atoms with Gasteiger partial charge < -0.3 is 16.9 Å². The van der Waals surface area contributed by atoms with E-state index >= 15 is 0 Å². The summed E-state index contributed by atoms with van der Waals surface area (Å²) in [6.45, 7) is 3.71. The Kier molecular flexibility index (Phi) is 19.4. The van der Waals surface area contributed by atoms with E-state index in [1.807, 2.05) is 0 Å². The Balaban J connectivity index is 0.00000729. The SMILES string of the molecule is CCCCCCCCCCCCCCCCCC[N+](C)(C)C1CCCCC1.[Cl-]. The van der Waals surface area contributed by atoms with Gasteiger partial charge in [-0.05, 0) is 38.5 Å². The standard InChI is InChI=1S/C26H54N.ClH/c1-4-5-6-7-8-9-10-11-12-13-14-15-16-17-18-22-25-27(2,3)26-23-20-19-21-24-26;/h26H,4-25H2,1-3H3;1H/q+1;/p-1. The van der Waals surface area contributed by atoms with Gasteiger partial charge >= 0.3 is 0 Å². The van der Waals surface area contributed by atoms with Crippen LogP contribution >= 0.6 is 0 Å². The first-order chi connectivity index (χ1) is 13.2. The van der Waals surface area contributed by atoms with Gasteiger partial charge in [0.2, 0.25) is 0 Å². The summed E-state index contributed by atoms with van der Waals surface area (Å²) in [7, 11) is 4.97. The molecule has 1 aliphatic carbocycles. The van der Waals surface area contributed by atoms with Crippen molar-refractivity contribution >= 4 is 0 Å². The summed E-state index contributed by atoms with van der Waals surface area (Å²) in [5, 5.41) is 0. The van der Waals surface area contributed by atoms with E-state index in [4.69, 9.17) is 0 Å². The number of rotatable bonds is 18. The molecule has 0 aromatic rings. The molecule has 0 N–H and O–H groups in total. The van der Waals surface area contributed by atoms with Gasteiger partial charge in [-0.2, -0.15) is 0 Å². The number of quaternary nitrogens is 1. The van der Waals surface area contributed by atoms with Gasteiger partial charge in [0.25, 0.3) is 0 Å². The Morgan fingerprint density at radius 2 is 0.893 bits per heavy atom. The van der Waals surface area contributed by atoms with Crippen LogP contribution < -0.4 is 12.4 Å². The second kappa shape index (κ2) is 19.2. The average molecular weight is 416 g/mol. The largest absolute Gasteiger partial charge is 1.00 e. The maximum absolute atomic E-state index is 2.49. The van der Waals surface area contributed by atoms with Crippen molar-refractivity contribution in [3.63, 3.8) is 0 Å². The number of hydrogen-bond donors (Lipinski definition) is 0. The summed E-state index contributed by atoms with van der Waals surface area (Å²) in [6, 6.07) is 0.954. The average Bonchev–Trinajstić information content (AvgIpc) is 2.68. The van der Waals surface area contributed by atoms with E-state index in [-0.39, 0.29) is 12.4 Å². The Bertz CT molecular complexity index is 310. The molecule has 170 valence electrons. The predicted octanol–water partition coefficient (Wildman–Crippen LogP) is 5.66. The molecule has 0 amide bonds. The molecule has 0 atom stereocenters. The summed E-state index contributed by atoms with van der Waals surface area (Å²) in [4.78, 5) is 0. The molecule has 0 aromatic carbocycles. The molecule has 0 saturated heterocycles. The highest BCUT2D eigenvalue weighted by molar-refractivity contribution is 4.66. The number of hydrogen-bond acceptors (Lipinski definition) is 0. The molecule has 1 saturated carbocycles. The zero-order valence-corrected chi connectivity index (χ0v) is 20.7. The summed E-state index contributed by atoms with van der Waals surface area (Å²) in [5.41, 5.74) is 0. The van der Waals surface area contributed by atoms with Crippen LogP contribution in [0.15, 0.2) is 0 Å². The van der Waals surface area contributed by atoms with Crippen molar-refractivity contribution < 1.29 is 16.9 Å². The third-order valence-electron chi connectivity index (χ3n) is 7.15. The molecule has 1 fully saturated rings. The zero-order valence-electron chi connectivity index (χ0n) is 20.0. The fourth-order valence-corrected chi connectivity index (χ4v) is 5.03. The van der Waals surface area contributed by atoms with Crippen LogP contribution in [0.1, 0.15) is 142 Å². The maximum Gasteiger partial charge on any atom is 0.0886 e. The van der Waals surface area contributed by atoms with Gasteiger partial charge in [0.15, 0.2) is 0 Å². The van der Waals surface area contributed by atoms with Crippen molar-refractivity contribution in [3.05, 3.63) is 0 Å². The van der Waals surface area contributed by atoms with Crippen molar-refractivity contribution in [2.75, 3.05) is 20.6 Å². The third kappa shape index (κ3) is 15.1. The minimum Gasteiger partial charge on any atom is -1.00 e. The third-order valence-corrected chi connectivity index (χ3v) is 7.15. The monoisotopic (exact) mass is 415 g/mol. The number of unbranched alkanes of at least 4 members (excludes halogenated alkanes) is 15. The highest BCUT2D eigenvalue weighted by atomic mass is 35.5. The minimum atomic E-state index is 0. The highest BCUT2D eigenvalue weighted by Crippen LogP contribution is 2.26. The predicted molar refractivity (Wildman–Crippen MR) is 123 cm³/mol. The van der Waals surface area contributed by atoms with Gasteiger partial charge in [-0.3, -0.25) is 0 Å². The molecular formula is C26H54ClN. The van der Waals surface area contributed by atoms with E-state index < -0.39 is 0 Å². The molecule has 1 rings (SSSR count). The van der Waals surface area contributed by atoms with Gasteiger partial charge in [0.1, 0.15) is 0 Å². The lowest BCUT2D eigenvalue weighted by Gasteiger charge is -2.40. The minimum absolute atomic E-state index is 0. The molecule has 0 bridgehead atoms. The lowest BCUT2D eigenvalue weighted by atomic mass is 9.93. The van der Waals surface area contributed by atoms with Crippen LogP contribution in [0.25, 0.3) is 0 Å². The van der Waals surface area contributed by atoms with E-state index in [9.17, 15) is 0 Å². The van der Waals surface area contributed by atoms with E-state index in [0.29, 0.717) is 0 Å². The lowest BCUT2D eigenvalue weighted by molar-refractivity contribution is -0.916. The van der Waals surface area contributed by atoms with E-state index in [1.54, 1.807) is 0 Å². The summed E-state index contributed by atoms with van der Waals surface area (Å²) in [6.07, 6.45) is 30.9. The Hall–Kier alpha value is 0.250. The summed E-state index contributed by atoms with van der Waals surface area (Å²) in [5.74, 6) is 0.